The molecule has 230 valence electrons. The minimum atomic E-state index is -1.21. The van der Waals surface area contributed by atoms with Crippen molar-refractivity contribution in [2.75, 3.05) is 31.1 Å². The average Bonchev–Trinajstić information content (AvgIpc) is 3.56. The van der Waals surface area contributed by atoms with Crippen molar-refractivity contribution in [2.45, 2.75) is 83.6 Å². The summed E-state index contributed by atoms with van der Waals surface area (Å²) in [6.07, 6.45) is 5.66. The quantitative estimate of drug-likeness (QED) is 0.330. The number of aryl methyl sites for hydroxylation is 1. The van der Waals surface area contributed by atoms with Gasteiger partial charge in [0.25, 0.3) is 5.91 Å². The van der Waals surface area contributed by atoms with Crippen molar-refractivity contribution in [1.29, 1.82) is 0 Å². The van der Waals surface area contributed by atoms with E-state index in [9.17, 15) is 19.5 Å². The molecule has 0 aliphatic carbocycles. The Morgan fingerprint density at radius 1 is 1.19 bits per heavy atom. The lowest BCUT2D eigenvalue weighted by Gasteiger charge is -2.41. The molecule has 3 fully saturated rings. The van der Waals surface area contributed by atoms with Crippen molar-refractivity contribution >= 4 is 35.0 Å². The highest BCUT2D eigenvalue weighted by atomic mass is 35.5. The number of anilines is 1. The number of hydrogen-bond acceptors (Lipinski definition) is 5. The van der Waals surface area contributed by atoms with Crippen molar-refractivity contribution in [3.05, 3.63) is 54.1 Å². The van der Waals surface area contributed by atoms with Gasteiger partial charge in [0.2, 0.25) is 11.8 Å². The van der Waals surface area contributed by atoms with E-state index in [1.54, 1.807) is 32.9 Å². The maximum atomic E-state index is 14.9. The Hall–Kier alpha value is -2.68. The second kappa shape index (κ2) is 12.5. The van der Waals surface area contributed by atoms with Gasteiger partial charge in [-0.1, -0.05) is 63.6 Å². The van der Waals surface area contributed by atoms with Gasteiger partial charge in [-0.2, -0.15) is 0 Å². The first-order valence-electron chi connectivity index (χ1n) is 15.2. The molecule has 0 saturated carbocycles. The van der Waals surface area contributed by atoms with Crippen LogP contribution in [0, 0.1) is 24.7 Å². The monoisotopic (exact) mass is 599 g/mol. The van der Waals surface area contributed by atoms with Crippen LogP contribution in [0.1, 0.15) is 58.9 Å². The Bertz CT molecular complexity index is 1220. The number of rotatable bonds is 13. The summed E-state index contributed by atoms with van der Waals surface area (Å²) in [5.74, 6) is -2.53. The average molecular weight is 600 g/mol. The lowest BCUT2D eigenvalue weighted by atomic mass is 9.64. The van der Waals surface area contributed by atoms with E-state index in [0.717, 1.165) is 12.0 Å². The third-order valence-electron chi connectivity index (χ3n) is 9.62. The van der Waals surface area contributed by atoms with Crippen molar-refractivity contribution in [3.63, 3.8) is 0 Å². The number of carbonyl (C=O) groups is 3. The molecule has 2 unspecified atom stereocenters. The third kappa shape index (κ3) is 4.89. The summed E-state index contributed by atoms with van der Waals surface area (Å²) in [4.78, 5) is 48.8. The lowest BCUT2D eigenvalue weighted by Crippen LogP contribution is -2.60. The number of ether oxygens (including phenoxy) is 1. The minimum Gasteiger partial charge on any atom is -0.394 e. The summed E-state index contributed by atoms with van der Waals surface area (Å²) in [6.45, 7) is 18.2. The first kappa shape index (κ1) is 32.2. The van der Waals surface area contributed by atoms with Crippen molar-refractivity contribution in [3.8, 4) is 0 Å². The molecule has 42 heavy (non-hydrogen) atoms. The van der Waals surface area contributed by atoms with E-state index in [4.69, 9.17) is 16.3 Å². The fourth-order valence-corrected chi connectivity index (χ4v) is 8.06. The van der Waals surface area contributed by atoms with Crippen LogP contribution in [-0.4, -0.2) is 82.2 Å². The highest BCUT2D eigenvalue weighted by Gasteiger charge is 2.79. The van der Waals surface area contributed by atoms with Gasteiger partial charge in [0.1, 0.15) is 11.6 Å². The van der Waals surface area contributed by atoms with E-state index in [1.165, 1.54) is 0 Å². The summed E-state index contributed by atoms with van der Waals surface area (Å²) >= 11 is 6.67. The second-order valence-corrected chi connectivity index (χ2v) is 12.7. The Kier molecular flexibility index (Phi) is 9.60. The molecule has 1 N–H and O–H groups in total. The molecule has 3 heterocycles. The number of nitrogens with zero attached hydrogens (tertiary/aromatic N) is 3. The number of aliphatic hydroxyl groups is 1. The predicted octanol–water partition coefficient (Wildman–Crippen LogP) is 4.76. The number of halogens is 1. The molecule has 3 aliphatic rings. The molecule has 6 atom stereocenters. The fraction of sp³-hybridized carbons (Fsp3) is 0.606. The highest BCUT2D eigenvalue weighted by Crippen LogP contribution is 2.65. The number of likely N-dealkylation sites (tertiary alicyclic amines) is 1. The minimum absolute atomic E-state index is 0.137. The van der Waals surface area contributed by atoms with Crippen LogP contribution in [-0.2, 0) is 19.1 Å². The molecule has 1 aromatic carbocycles. The number of carbonyl (C=O) groups excluding carboxylic acids is 3. The molecular weight excluding hydrogens is 554 g/mol. The van der Waals surface area contributed by atoms with E-state index in [2.05, 4.69) is 13.2 Å². The van der Waals surface area contributed by atoms with Crippen LogP contribution in [0.3, 0.4) is 0 Å². The van der Waals surface area contributed by atoms with E-state index >= 15 is 0 Å². The van der Waals surface area contributed by atoms with Crippen LogP contribution in [0.15, 0.2) is 43.5 Å². The van der Waals surface area contributed by atoms with Gasteiger partial charge >= 0.3 is 0 Å². The van der Waals surface area contributed by atoms with Crippen LogP contribution in [0.5, 0.6) is 0 Å². The van der Waals surface area contributed by atoms with E-state index in [0.29, 0.717) is 43.1 Å². The molecule has 2 bridgehead atoms. The van der Waals surface area contributed by atoms with E-state index in [-0.39, 0.29) is 36.8 Å². The maximum absolute atomic E-state index is 14.9. The van der Waals surface area contributed by atoms with Gasteiger partial charge in [0, 0.05) is 19.6 Å². The molecule has 0 radical (unpaired) electrons. The molecule has 8 nitrogen and oxygen atoms in total. The second-order valence-electron chi connectivity index (χ2n) is 12.3. The predicted molar refractivity (Wildman–Crippen MR) is 165 cm³/mol. The molecule has 3 saturated heterocycles. The number of amides is 3. The van der Waals surface area contributed by atoms with Gasteiger partial charge < -0.3 is 24.5 Å². The largest absolute Gasteiger partial charge is 0.394 e. The third-order valence-corrected chi connectivity index (χ3v) is 9.93. The molecule has 9 heteroatoms. The standard InChI is InChI=1S/C33H46ClN3O5/c1-8-17-35(18-9-2)29(39)25-26-30(40)37(24(20-38)21(5)6)28(33(26)16-15-32(25,11-4)42-33)31(41)36(19-10-3)27-22(7)13-12-14-23(27)34/h8,10,12-14,21,24-26,28,38H,1,3,9,11,15-20H2,2,4-7H3/t24-,25+,26-,28?,32-,33?/m0/s1. The number of aliphatic hydroxyl groups excluding tert-OH is 1. The molecule has 3 amide bonds. The van der Waals surface area contributed by atoms with Gasteiger partial charge in [-0.3, -0.25) is 14.4 Å². The zero-order valence-corrected chi connectivity index (χ0v) is 26.4. The number of benzene rings is 1. The Balaban J connectivity index is 1.92. The normalized spacial score (nSPS) is 28.6. The summed E-state index contributed by atoms with van der Waals surface area (Å²) in [5, 5.41) is 11.0. The molecule has 1 spiro atoms. The Morgan fingerprint density at radius 3 is 2.43 bits per heavy atom. The summed E-state index contributed by atoms with van der Waals surface area (Å²) in [5.41, 5.74) is -0.717. The van der Waals surface area contributed by atoms with Crippen molar-refractivity contribution in [1.82, 2.24) is 9.80 Å². The summed E-state index contributed by atoms with van der Waals surface area (Å²) < 4.78 is 6.97. The summed E-state index contributed by atoms with van der Waals surface area (Å²) in [6, 6.07) is 3.76. The van der Waals surface area contributed by atoms with Gasteiger partial charge in [0.05, 0.1) is 40.8 Å². The van der Waals surface area contributed by atoms with Crippen LogP contribution < -0.4 is 4.90 Å². The molecule has 0 aromatic heterocycles. The van der Waals surface area contributed by atoms with Crippen LogP contribution in [0.2, 0.25) is 5.02 Å². The smallest absolute Gasteiger partial charge is 0.253 e. The first-order chi connectivity index (χ1) is 20.0. The van der Waals surface area contributed by atoms with Gasteiger partial charge in [0.15, 0.2) is 0 Å². The number of para-hydroxylation sites is 1. The SMILES string of the molecule is C=CCN(CCC)C(=O)[C@H]1[C@H]2C(=O)N([C@@H](CO)C(C)C)C(C(=O)N(CC=C)c3c(C)cccc3Cl)C23CC[C@]1(CC)O3. The molecule has 4 rings (SSSR count). The molecule has 1 aromatic rings. The van der Waals surface area contributed by atoms with Gasteiger partial charge in [-0.15, -0.1) is 13.2 Å². The van der Waals surface area contributed by atoms with Gasteiger partial charge in [-0.25, -0.2) is 0 Å². The van der Waals surface area contributed by atoms with Crippen molar-refractivity contribution < 1.29 is 24.2 Å². The number of hydrogen-bond donors (Lipinski definition) is 1. The van der Waals surface area contributed by atoms with Crippen molar-refractivity contribution in [2.24, 2.45) is 17.8 Å². The van der Waals surface area contributed by atoms with Crippen LogP contribution >= 0.6 is 11.6 Å². The van der Waals surface area contributed by atoms with E-state index < -0.39 is 35.1 Å². The Labute approximate surface area is 255 Å². The lowest BCUT2D eigenvalue weighted by molar-refractivity contribution is -0.154. The van der Waals surface area contributed by atoms with Crippen LogP contribution in [0.4, 0.5) is 5.69 Å². The maximum Gasteiger partial charge on any atom is 0.253 e. The zero-order chi connectivity index (χ0) is 31.0. The molecule has 3 aliphatic heterocycles. The van der Waals surface area contributed by atoms with Crippen LogP contribution in [0.25, 0.3) is 0 Å². The zero-order valence-electron chi connectivity index (χ0n) is 25.6. The Morgan fingerprint density at radius 2 is 1.88 bits per heavy atom. The van der Waals surface area contributed by atoms with E-state index in [1.807, 2.05) is 46.8 Å². The summed E-state index contributed by atoms with van der Waals surface area (Å²) in [7, 11) is 0. The molecular formula is C33H46ClN3O5. The first-order valence-corrected chi connectivity index (χ1v) is 15.6. The highest BCUT2D eigenvalue weighted by molar-refractivity contribution is 6.34. The topological polar surface area (TPSA) is 90.4 Å². The number of fused-ring (bicyclic) bond motifs is 1. The fourth-order valence-electron chi connectivity index (χ4n) is 7.74. The van der Waals surface area contributed by atoms with Gasteiger partial charge in [-0.05, 0) is 50.2 Å².